The molecule has 0 radical (unpaired) electrons. The van der Waals surface area contributed by atoms with E-state index in [1.165, 1.54) is 0 Å². The maximum atomic E-state index is 5.79. The van der Waals surface area contributed by atoms with Crippen molar-refractivity contribution >= 4 is 0 Å². The highest BCUT2D eigenvalue weighted by Gasteiger charge is 2.22. The molecule has 0 bridgehead atoms. The first-order valence-corrected chi connectivity index (χ1v) is 10.6. The third kappa shape index (κ3) is 5.43. The standard InChI is InChI=1S/C22H32N6O2/c1-7-19-23-27-28(26-19)17-10-11-18(29-6)16(13-17)9-8-12-22(4,5)14-20-24-25-21(30-20)15(2)3/h10-11,13,15H,7-9,12,14H2,1-6H3. The molecule has 0 N–H and O–H groups in total. The molecule has 2 aromatic heterocycles. The number of ether oxygens (including phenoxy) is 1. The second kappa shape index (κ2) is 9.36. The zero-order chi connectivity index (χ0) is 21.7. The average molecular weight is 413 g/mol. The number of aryl methyl sites for hydroxylation is 2. The highest BCUT2D eigenvalue weighted by Crippen LogP contribution is 2.30. The molecular formula is C22H32N6O2. The highest BCUT2D eigenvalue weighted by atomic mass is 16.5. The van der Waals surface area contributed by atoms with E-state index in [1.54, 1.807) is 11.9 Å². The van der Waals surface area contributed by atoms with E-state index in [0.717, 1.165) is 54.9 Å². The first kappa shape index (κ1) is 21.9. The van der Waals surface area contributed by atoms with Crippen LogP contribution in [0.1, 0.15) is 76.5 Å². The lowest BCUT2D eigenvalue weighted by molar-refractivity contribution is 0.285. The Labute approximate surface area is 178 Å². The summed E-state index contributed by atoms with van der Waals surface area (Å²) in [5, 5.41) is 21.0. The normalized spacial score (nSPS) is 12.0. The number of hydrogen-bond donors (Lipinski definition) is 0. The lowest BCUT2D eigenvalue weighted by atomic mass is 9.83. The second-order valence-corrected chi connectivity index (χ2v) is 8.73. The molecule has 0 saturated heterocycles. The van der Waals surface area contributed by atoms with Crippen LogP contribution in [0.4, 0.5) is 0 Å². The predicted molar refractivity (Wildman–Crippen MR) is 114 cm³/mol. The minimum atomic E-state index is 0.0646. The maximum Gasteiger partial charge on any atom is 0.219 e. The molecule has 0 aliphatic carbocycles. The van der Waals surface area contributed by atoms with Gasteiger partial charge in [0.05, 0.1) is 12.8 Å². The molecule has 0 aliphatic rings. The third-order valence-corrected chi connectivity index (χ3v) is 5.17. The Morgan fingerprint density at radius 3 is 2.60 bits per heavy atom. The Kier molecular flexibility index (Phi) is 6.84. The van der Waals surface area contributed by atoms with Crippen LogP contribution in [0, 0.1) is 5.41 Å². The van der Waals surface area contributed by atoms with Gasteiger partial charge in [0.15, 0.2) is 5.82 Å². The van der Waals surface area contributed by atoms with Crippen LogP contribution in [-0.2, 0) is 19.3 Å². The minimum Gasteiger partial charge on any atom is -0.496 e. The zero-order valence-corrected chi connectivity index (χ0v) is 18.8. The van der Waals surface area contributed by atoms with Crippen LogP contribution in [0.3, 0.4) is 0 Å². The van der Waals surface area contributed by atoms with Crippen LogP contribution >= 0.6 is 0 Å². The Bertz CT molecular complexity index is 960. The van der Waals surface area contributed by atoms with E-state index in [1.807, 2.05) is 19.1 Å². The molecule has 2 heterocycles. The van der Waals surface area contributed by atoms with Gasteiger partial charge in [0.1, 0.15) is 5.75 Å². The smallest absolute Gasteiger partial charge is 0.219 e. The van der Waals surface area contributed by atoms with Crippen molar-refractivity contribution in [1.29, 1.82) is 0 Å². The van der Waals surface area contributed by atoms with Crippen molar-refractivity contribution in [2.45, 2.75) is 72.6 Å². The quantitative estimate of drug-likeness (QED) is 0.489. The number of rotatable bonds is 10. The monoisotopic (exact) mass is 412 g/mol. The molecule has 162 valence electrons. The number of benzene rings is 1. The van der Waals surface area contributed by atoms with Gasteiger partial charge in [-0.15, -0.1) is 25.2 Å². The molecule has 1 aromatic carbocycles. The number of nitrogens with zero attached hydrogens (tertiary/aromatic N) is 6. The molecule has 0 saturated carbocycles. The Balaban J connectivity index is 1.64. The van der Waals surface area contributed by atoms with E-state index in [4.69, 9.17) is 9.15 Å². The van der Waals surface area contributed by atoms with Gasteiger partial charge in [-0.1, -0.05) is 34.6 Å². The van der Waals surface area contributed by atoms with Gasteiger partial charge in [0, 0.05) is 18.8 Å². The molecule has 0 unspecified atom stereocenters. The summed E-state index contributed by atoms with van der Waals surface area (Å²) in [6, 6.07) is 6.01. The topological polar surface area (TPSA) is 91.8 Å². The maximum absolute atomic E-state index is 5.79. The Morgan fingerprint density at radius 2 is 1.97 bits per heavy atom. The molecule has 8 heteroatoms. The van der Waals surface area contributed by atoms with Gasteiger partial charge in [-0.25, -0.2) is 0 Å². The average Bonchev–Trinajstić information content (AvgIpc) is 3.37. The summed E-state index contributed by atoms with van der Waals surface area (Å²) in [5.74, 6) is 3.28. The number of hydrogen-bond acceptors (Lipinski definition) is 7. The van der Waals surface area contributed by atoms with E-state index in [2.05, 4.69) is 59.4 Å². The van der Waals surface area contributed by atoms with Gasteiger partial charge in [-0.05, 0) is 53.7 Å². The first-order valence-electron chi connectivity index (χ1n) is 10.6. The summed E-state index contributed by atoms with van der Waals surface area (Å²) in [6.07, 6.45) is 4.48. The van der Waals surface area contributed by atoms with Gasteiger partial charge < -0.3 is 9.15 Å². The largest absolute Gasteiger partial charge is 0.496 e. The summed E-state index contributed by atoms with van der Waals surface area (Å²) < 4.78 is 11.4. The summed E-state index contributed by atoms with van der Waals surface area (Å²) >= 11 is 0. The number of methoxy groups -OCH3 is 1. The van der Waals surface area contributed by atoms with Crippen molar-refractivity contribution < 1.29 is 9.15 Å². The molecule has 0 spiro atoms. The van der Waals surface area contributed by atoms with Crippen molar-refractivity contribution in [2.75, 3.05) is 7.11 Å². The molecule has 3 rings (SSSR count). The van der Waals surface area contributed by atoms with Crippen molar-refractivity contribution in [2.24, 2.45) is 5.41 Å². The summed E-state index contributed by atoms with van der Waals surface area (Å²) in [4.78, 5) is 1.58. The summed E-state index contributed by atoms with van der Waals surface area (Å²) in [7, 11) is 1.70. The highest BCUT2D eigenvalue weighted by molar-refractivity contribution is 5.43. The van der Waals surface area contributed by atoms with Crippen LogP contribution < -0.4 is 4.74 Å². The third-order valence-electron chi connectivity index (χ3n) is 5.17. The van der Waals surface area contributed by atoms with E-state index in [-0.39, 0.29) is 11.3 Å². The molecule has 30 heavy (non-hydrogen) atoms. The number of tetrazole rings is 1. The summed E-state index contributed by atoms with van der Waals surface area (Å²) in [5.41, 5.74) is 2.10. The fourth-order valence-corrected chi connectivity index (χ4v) is 3.41. The van der Waals surface area contributed by atoms with Crippen LogP contribution in [0.2, 0.25) is 0 Å². The van der Waals surface area contributed by atoms with Gasteiger partial charge in [0.25, 0.3) is 0 Å². The van der Waals surface area contributed by atoms with Gasteiger partial charge in [0.2, 0.25) is 11.8 Å². The molecule has 8 nitrogen and oxygen atoms in total. The fraction of sp³-hybridized carbons (Fsp3) is 0.591. The first-order chi connectivity index (χ1) is 14.3. The van der Waals surface area contributed by atoms with E-state index in [0.29, 0.717) is 11.8 Å². The molecule has 0 atom stereocenters. The van der Waals surface area contributed by atoms with Crippen molar-refractivity contribution in [3.8, 4) is 11.4 Å². The van der Waals surface area contributed by atoms with E-state index >= 15 is 0 Å². The molecule has 0 amide bonds. The van der Waals surface area contributed by atoms with E-state index < -0.39 is 0 Å². The Hall–Kier alpha value is -2.77. The van der Waals surface area contributed by atoms with E-state index in [9.17, 15) is 0 Å². The molecule has 0 aliphatic heterocycles. The van der Waals surface area contributed by atoms with Crippen LogP contribution in [0.5, 0.6) is 5.75 Å². The number of aromatic nitrogens is 6. The van der Waals surface area contributed by atoms with Crippen LogP contribution in [0.25, 0.3) is 5.69 Å². The van der Waals surface area contributed by atoms with Gasteiger partial charge in [-0.2, -0.15) is 0 Å². The fourth-order valence-electron chi connectivity index (χ4n) is 3.41. The predicted octanol–water partition coefficient (Wildman–Crippen LogP) is 4.33. The summed E-state index contributed by atoms with van der Waals surface area (Å²) in [6.45, 7) is 10.6. The molecule has 0 fully saturated rings. The van der Waals surface area contributed by atoms with Gasteiger partial charge >= 0.3 is 0 Å². The van der Waals surface area contributed by atoms with Crippen molar-refractivity contribution in [1.82, 2.24) is 30.4 Å². The second-order valence-electron chi connectivity index (χ2n) is 8.73. The van der Waals surface area contributed by atoms with Crippen molar-refractivity contribution in [3.05, 3.63) is 41.4 Å². The molecule has 3 aromatic rings. The lowest BCUT2D eigenvalue weighted by Gasteiger charge is -2.22. The van der Waals surface area contributed by atoms with Crippen LogP contribution in [0.15, 0.2) is 22.6 Å². The molecular weight excluding hydrogens is 380 g/mol. The Morgan fingerprint density at radius 1 is 1.17 bits per heavy atom. The zero-order valence-electron chi connectivity index (χ0n) is 18.8. The van der Waals surface area contributed by atoms with Gasteiger partial charge in [-0.3, -0.25) is 0 Å². The van der Waals surface area contributed by atoms with Crippen molar-refractivity contribution in [3.63, 3.8) is 0 Å². The lowest BCUT2D eigenvalue weighted by Crippen LogP contribution is -2.15. The minimum absolute atomic E-state index is 0.0646. The SMILES string of the molecule is CCc1nnn(-c2ccc(OC)c(CCCC(C)(C)Cc3nnc(C(C)C)o3)c2)n1. The van der Waals surface area contributed by atoms with Crippen LogP contribution in [-0.4, -0.2) is 37.5 Å².